The van der Waals surface area contributed by atoms with Crippen molar-refractivity contribution in [3.8, 4) is 0 Å². The summed E-state index contributed by atoms with van der Waals surface area (Å²) in [4.78, 5) is 13.5. The molecule has 0 bridgehead atoms. The normalized spacial score (nSPS) is 9.64. The molecule has 0 aromatic carbocycles. The van der Waals surface area contributed by atoms with E-state index < -0.39 is 4.92 Å². The van der Waals surface area contributed by atoms with E-state index in [9.17, 15) is 10.1 Å². The van der Waals surface area contributed by atoms with E-state index in [1.165, 1.54) is 6.20 Å². The summed E-state index contributed by atoms with van der Waals surface area (Å²) >= 11 is 2.06. The average molecular weight is 264 g/mol. The summed E-state index contributed by atoms with van der Waals surface area (Å²) in [5, 5.41) is 10.3. The molecule has 0 fully saturated rings. The van der Waals surface area contributed by atoms with Gasteiger partial charge in [-0.2, -0.15) is 0 Å². The smallest absolute Gasteiger partial charge is 0.358 e. The first-order valence-electron chi connectivity index (χ1n) is 2.88. The Balaban J connectivity index is 3.20. The summed E-state index contributed by atoms with van der Waals surface area (Å²) < 4.78 is 0.908. The first-order chi connectivity index (χ1) is 5.11. The lowest BCUT2D eigenvalue weighted by Crippen LogP contribution is -1.95. The van der Waals surface area contributed by atoms with E-state index in [-0.39, 0.29) is 5.82 Å². The van der Waals surface area contributed by atoms with Crippen LogP contribution in [-0.4, -0.2) is 9.91 Å². The van der Waals surface area contributed by atoms with E-state index in [0.29, 0.717) is 5.56 Å². The lowest BCUT2D eigenvalue weighted by Gasteiger charge is -1.94. The van der Waals surface area contributed by atoms with Gasteiger partial charge in [-0.3, -0.25) is 0 Å². The van der Waals surface area contributed by atoms with Crippen LogP contribution in [0.1, 0.15) is 5.56 Å². The van der Waals surface area contributed by atoms with Crippen LogP contribution >= 0.6 is 22.6 Å². The van der Waals surface area contributed by atoms with Crippen molar-refractivity contribution in [1.82, 2.24) is 4.98 Å². The third kappa shape index (κ3) is 1.86. The Hall–Kier alpha value is -0.720. The van der Waals surface area contributed by atoms with Crippen molar-refractivity contribution < 1.29 is 4.92 Å². The van der Waals surface area contributed by atoms with Gasteiger partial charge in [-0.15, -0.1) is 0 Å². The van der Waals surface area contributed by atoms with Gasteiger partial charge in [-0.25, -0.2) is 0 Å². The topological polar surface area (TPSA) is 56.0 Å². The third-order valence-corrected chi connectivity index (χ3v) is 1.78. The Morgan fingerprint density at radius 3 is 2.82 bits per heavy atom. The van der Waals surface area contributed by atoms with Gasteiger partial charge >= 0.3 is 5.82 Å². The van der Waals surface area contributed by atoms with Crippen molar-refractivity contribution >= 4 is 28.4 Å². The van der Waals surface area contributed by atoms with Crippen LogP contribution in [0.25, 0.3) is 0 Å². The van der Waals surface area contributed by atoms with Gasteiger partial charge in [0, 0.05) is 5.56 Å². The van der Waals surface area contributed by atoms with Crippen molar-refractivity contribution in [2.45, 2.75) is 6.92 Å². The highest BCUT2D eigenvalue weighted by Crippen LogP contribution is 2.15. The molecule has 1 rings (SSSR count). The molecule has 4 nitrogen and oxygen atoms in total. The van der Waals surface area contributed by atoms with Gasteiger partial charge in [0.1, 0.15) is 0 Å². The van der Waals surface area contributed by atoms with Crippen molar-refractivity contribution in [2.75, 3.05) is 0 Å². The molecule has 0 aliphatic rings. The van der Waals surface area contributed by atoms with Crippen LogP contribution in [0.5, 0.6) is 0 Å². The first kappa shape index (κ1) is 8.38. The Bertz CT molecular complexity index is 301. The number of hydrogen-bond acceptors (Lipinski definition) is 3. The van der Waals surface area contributed by atoms with E-state index in [4.69, 9.17) is 0 Å². The zero-order chi connectivity index (χ0) is 8.43. The number of rotatable bonds is 1. The van der Waals surface area contributed by atoms with E-state index in [1.54, 1.807) is 13.0 Å². The van der Waals surface area contributed by atoms with Gasteiger partial charge in [0.15, 0.2) is 6.20 Å². The van der Waals surface area contributed by atoms with Crippen molar-refractivity contribution in [3.63, 3.8) is 0 Å². The van der Waals surface area contributed by atoms with Crippen LogP contribution in [0.4, 0.5) is 5.82 Å². The molecule has 0 saturated carbocycles. The second kappa shape index (κ2) is 3.12. The second-order valence-electron chi connectivity index (χ2n) is 2.05. The summed E-state index contributed by atoms with van der Waals surface area (Å²) in [5.74, 6) is -0.0644. The van der Waals surface area contributed by atoms with Crippen molar-refractivity contribution in [1.29, 1.82) is 0 Å². The highest BCUT2D eigenvalue weighted by molar-refractivity contribution is 14.1. The number of aryl methyl sites for hydroxylation is 1. The SMILES string of the molecule is Cc1cc(I)cnc1[N+](=O)[O-]. The van der Waals surface area contributed by atoms with Crippen LogP contribution in [0.15, 0.2) is 12.3 Å². The van der Waals surface area contributed by atoms with Gasteiger partial charge in [-0.05, 0) is 45.5 Å². The molecule has 58 valence electrons. The minimum absolute atomic E-state index is 0.0644. The van der Waals surface area contributed by atoms with E-state index in [0.717, 1.165) is 3.57 Å². The molecule has 0 radical (unpaired) electrons. The van der Waals surface area contributed by atoms with Crippen molar-refractivity contribution in [2.24, 2.45) is 0 Å². The van der Waals surface area contributed by atoms with Crippen LogP contribution in [-0.2, 0) is 0 Å². The molecule has 11 heavy (non-hydrogen) atoms. The van der Waals surface area contributed by atoms with E-state index in [2.05, 4.69) is 27.6 Å². The standard InChI is InChI=1S/C6H5IN2O2/c1-4-2-5(7)3-8-6(4)9(10)11/h2-3H,1H3. The predicted molar refractivity (Wildman–Crippen MR) is 48.3 cm³/mol. The fraction of sp³-hybridized carbons (Fsp3) is 0.167. The number of hydrogen-bond donors (Lipinski definition) is 0. The largest absolute Gasteiger partial charge is 0.366 e. The predicted octanol–water partition coefficient (Wildman–Crippen LogP) is 1.90. The summed E-state index contributed by atoms with van der Waals surface area (Å²) in [6.45, 7) is 1.67. The minimum atomic E-state index is -0.481. The Labute approximate surface area is 76.9 Å². The Morgan fingerprint density at radius 1 is 1.73 bits per heavy atom. The zero-order valence-electron chi connectivity index (χ0n) is 5.74. The molecule has 1 aromatic heterocycles. The number of nitrogens with zero attached hydrogens (tertiary/aromatic N) is 2. The molecule has 0 aliphatic heterocycles. The van der Waals surface area contributed by atoms with Gasteiger partial charge in [0.05, 0.1) is 3.57 Å². The van der Waals surface area contributed by atoms with E-state index >= 15 is 0 Å². The quantitative estimate of drug-likeness (QED) is 0.442. The summed E-state index contributed by atoms with van der Waals surface area (Å²) in [5.41, 5.74) is 0.599. The minimum Gasteiger partial charge on any atom is -0.358 e. The number of aromatic nitrogens is 1. The third-order valence-electron chi connectivity index (χ3n) is 1.19. The van der Waals surface area contributed by atoms with Crippen LogP contribution in [0, 0.1) is 20.6 Å². The molecule has 0 atom stereocenters. The number of pyridine rings is 1. The highest BCUT2D eigenvalue weighted by atomic mass is 127. The molecule has 0 amide bonds. The van der Waals surface area contributed by atoms with Gasteiger partial charge in [-0.1, -0.05) is 0 Å². The first-order valence-corrected chi connectivity index (χ1v) is 3.95. The maximum atomic E-state index is 10.3. The van der Waals surface area contributed by atoms with Crippen LogP contribution in [0.3, 0.4) is 0 Å². The van der Waals surface area contributed by atoms with Crippen LogP contribution < -0.4 is 0 Å². The van der Waals surface area contributed by atoms with Gasteiger partial charge < -0.3 is 10.1 Å². The lowest BCUT2D eigenvalue weighted by molar-refractivity contribution is -0.390. The monoisotopic (exact) mass is 264 g/mol. The zero-order valence-corrected chi connectivity index (χ0v) is 7.90. The molecule has 5 heteroatoms. The second-order valence-corrected chi connectivity index (χ2v) is 3.30. The van der Waals surface area contributed by atoms with Gasteiger partial charge in [0.2, 0.25) is 0 Å². The Morgan fingerprint density at radius 2 is 2.36 bits per heavy atom. The summed E-state index contributed by atoms with van der Waals surface area (Å²) in [6, 6.07) is 1.73. The molecule has 0 unspecified atom stereocenters. The molecule has 0 aliphatic carbocycles. The highest BCUT2D eigenvalue weighted by Gasteiger charge is 2.10. The average Bonchev–Trinajstić information content (AvgIpc) is 1.85. The van der Waals surface area contributed by atoms with Gasteiger partial charge in [0.25, 0.3) is 0 Å². The lowest BCUT2D eigenvalue weighted by atomic mass is 10.3. The number of nitro groups is 1. The summed E-state index contributed by atoms with van der Waals surface area (Å²) in [6.07, 6.45) is 1.48. The molecular formula is C6H5IN2O2. The maximum Gasteiger partial charge on any atom is 0.366 e. The fourth-order valence-corrected chi connectivity index (χ4v) is 1.33. The molecule has 0 N–H and O–H groups in total. The molecule has 0 saturated heterocycles. The fourth-order valence-electron chi connectivity index (χ4n) is 0.724. The molecule has 1 aromatic rings. The van der Waals surface area contributed by atoms with E-state index in [1.807, 2.05) is 0 Å². The number of halogens is 1. The summed E-state index contributed by atoms with van der Waals surface area (Å²) in [7, 11) is 0. The molecule has 0 spiro atoms. The molecular weight excluding hydrogens is 259 g/mol. The maximum absolute atomic E-state index is 10.3. The molecule has 1 heterocycles. The van der Waals surface area contributed by atoms with Crippen LogP contribution in [0.2, 0.25) is 0 Å². The van der Waals surface area contributed by atoms with Crippen molar-refractivity contribution in [3.05, 3.63) is 31.5 Å². The Kier molecular flexibility index (Phi) is 2.38.